The van der Waals surface area contributed by atoms with Gasteiger partial charge in [0.1, 0.15) is 18.2 Å². The second-order valence-electron chi connectivity index (χ2n) is 5.16. The maximum atomic E-state index is 13.6. The van der Waals surface area contributed by atoms with Crippen molar-refractivity contribution < 1.29 is 9.13 Å². The molecule has 0 radical (unpaired) electrons. The molecule has 3 nitrogen and oxygen atoms in total. The Balaban J connectivity index is 1.55. The predicted molar refractivity (Wildman–Crippen MR) is 82.5 cm³/mol. The molecule has 0 amide bonds. The summed E-state index contributed by atoms with van der Waals surface area (Å²) in [7, 11) is 0. The van der Waals surface area contributed by atoms with Crippen LogP contribution in [0.4, 0.5) is 4.39 Å². The van der Waals surface area contributed by atoms with Gasteiger partial charge in [0.15, 0.2) is 0 Å². The van der Waals surface area contributed by atoms with Crippen molar-refractivity contribution in [3.63, 3.8) is 0 Å². The molecule has 1 aliphatic carbocycles. The molecule has 1 aromatic carbocycles. The Kier molecular flexibility index (Phi) is 4.51. The molecule has 5 heteroatoms. The number of hydrogen-bond acceptors (Lipinski definition) is 3. The molecule has 0 spiro atoms. The van der Waals surface area contributed by atoms with Gasteiger partial charge in [0, 0.05) is 22.6 Å². The fraction of sp³-hybridized carbons (Fsp3) is 0.312. The normalized spacial score (nSPS) is 14.2. The molecule has 0 unspecified atom stereocenters. The maximum absolute atomic E-state index is 13.6. The van der Waals surface area contributed by atoms with E-state index in [9.17, 15) is 4.39 Å². The summed E-state index contributed by atoms with van der Waals surface area (Å²) in [6, 6.07) is 9.28. The van der Waals surface area contributed by atoms with Gasteiger partial charge in [0.05, 0.1) is 11.9 Å². The molecule has 1 heterocycles. The Hall–Kier alpha value is -1.46. The third kappa shape index (κ3) is 4.25. The molecule has 3 rings (SSSR count). The largest absolute Gasteiger partial charge is 0.487 e. The minimum Gasteiger partial charge on any atom is -0.487 e. The summed E-state index contributed by atoms with van der Waals surface area (Å²) in [4.78, 5) is 4.34. The first-order chi connectivity index (χ1) is 10.2. The monoisotopic (exact) mass is 350 g/mol. The summed E-state index contributed by atoms with van der Waals surface area (Å²) in [5.74, 6) is 0.376. The molecular weight excluding hydrogens is 335 g/mol. The van der Waals surface area contributed by atoms with Crippen molar-refractivity contribution in [2.75, 3.05) is 0 Å². The highest BCUT2D eigenvalue weighted by atomic mass is 79.9. The summed E-state index contributed by atoms with van der Waals surface area (Å²) in [5.41, 5.74) is 1.51. The van der Waals surface area contributed by atoms with Gasteiger partial charge >= 0.3 is 0 Å². The van der Waals surface area contributed by atoms with Crippen LogP contribution in [0.5, 0.6) is 5.75 Å². The molecule has 110 valence electrons. The summed E-state index contributed by atoms with van der Waals surface area (Å²) in [6.07, 6.45) is 4.21. The van der Waals surface area contributed by atoms with Crippen molar-refractivity contribution in [2.45, 2.75) is 32.0 Å². The molecule has 2 aromatic rings. The lowest BCUT2D eigenvalue weighted by atomic mass is 10.2. The van der Waals surface area contributed by atoms with Crippen LogP contribution < -0.4 is 10.1 Å². The van der Waals surface area contributed by atoms with Gasteiger partial charge < -0.3 is 10.1 Å². The number of benzene rings is 1. The fourth-order valence-corrected chi connectivity index (χ4v) is 2.36. The minimum absolute atomic E-state index is 0.187. The standard InChI is InChI=1S/C16H16BrFN2O/c17-12-1-6-16(18)11(7-12)10-21-15-5-4-14(20-9-15)8-19-13-2-3-13/h1,4-7,9,13,19H,2-3,8,10H2. The van der Waals surface area contributed by atoms with Gasteiger partial charge in [-0.25, -0.2) is 4.39 Å². The van der Waals surface area contributed by atoms with Crippen LogP contribution in [0, 0.1) is 5.82 Å². The summed E-state index contributed by atoms with van der Waals surface area (Å²) >= 11 is 3.32. The maximum Gasteiger partial charge on any atom is 0.138 e. The number of ether oxygens (including phenoxy) is 1. The smallest absolute Gasteiger partial charge is 0.138 e. The van der Waals surface area contributed by atoms with E-state index < -0.39 is 0 Å². The Morgan fingerprint density at radius 1 is 1.29 bits per heavy atom. The van der Waals surface area contributed by atoms with Crippen LogP contribution in [0.15, 0.2) is 41.0 Å². The lowest BCUT2D eigenvalue weighted by Crippen LogP contribution is -2.16. The van der Waals surface area contributed by atoms with E-state index in [1.807, 2.05) is 12.1 Å². The molecule has 1 saturated carbocycles. The Morgan fingerprint density at radius 3 is 2.86 bits per heavy atom. The Bertz CT molecular complexity index is 614. The van der Waals surface area contributed by atoms with Crippen molar-refractivity contribution >= 4 is 15.9 Å². The summed E-state index contributed by atoms with van der Waals surface area (Å²) in [6.45, 7) is 0.970. The van der Waals surface area contributed by atoms with E-state index in [1.54, 1.807) is 18.3 Å². The predicted octanol–water partition coefficient (Wildman–Crippen LogP) is 3.81. The Labute approximate surface area is 131 Å². The quantitative estimate of drug-likeness (QED) is 0.859. The molecule has 0 saturated heterocycles. The van der Waals surface area contributed by atoms with E-state index in [4.69, 9.17) is 4.74 Å². The van der Waals surface area contributed by atoms with Crippen molar-refractivity contribution in [1.29, 1.82) is 0 Å². The van der Waals surface area contributed by atoms with E-state index in [0.717, 1.165) is 16.7 Å². The van der Waals surface area contributed by atoms with Gasteiger partial charge in [-0.3, -0.25) is 4.98 Å². The number of aromatic nitrogens is 1. The van der Waals surface area contributed by atoms with Crippen LogP contribution in [0.3, 0.4) is 0 Å². The second kappa shape index (κ2) is 6.54. The van der Waals surface area contributed by atoms with Crippen molar-refractivity contribution in [2.24, 2.45) is 0 Å². The van der Waals surface area contributed by atoms with Gasteiger partial charge in [-0.2, -0.15) is 0 Å². The van der Waals surface area contributed by atoms with E-state index in [1.165, 1.54) is 18.9 Å². The zero-order valence-electron chi connectivity index (χ0n) is 11.5. The lowest BCUT2D eigenvalue weighted by molar-refractivity contribution is 0.298. The lowest BCUT2D eigenvalue weighted by Gasteiger charge is -2.08. The van der Waals surface area contributed by atoms with Gasteiger partial charge in [-0.15, -0.1) is 0 Å². The first-order valence-corrected chi connectivity index (χ1v) is 7.75. The van der Waals surface area contributed by atoms with Crippen LogP contribution in [0.25, 0.3) is 0 Å². The average Bonchev–Trinajstić information content (AvgIpc) is 3.31. The van der Waals surface area contributed by atoms with E-state index in [0.29, 0.717) is 17.4 Å². The highest BCUT2D eigenvalue weighted by Gasteiger charge is 2.20. The Morgan fingerprint density at radius 2 is 2.14 bits per heavy atom. The number of halogens is 2. The van der Waals surface area contributed by atoms with Crippen LogP contribution in [0.2, 0.25) is 0 Å². The molecule has 0 atom stereocenters. The van der Waals surface area contributed by atoms with Crippen LogP contribution >= 0.6 is 15.9 Å². The molecule has 1 aliphatic rings. The minimum atomic E-state index is -0.267. The number of nitrogens with zero attached hydrogens (tertiary/aromatic N) is 1. The molecule has 0 bridgehead atoms. The number of hydrogen-bond donors (Lipinski definition) is 1. The van der Waals surface area contributed by atoms with E-state index in [-0.39, 0.29) is 12.4 Å². The van der Waals surface area contributed by atoms with E-state index >= 15 is 0 Å². The van der Waals surface area contributed by atoms with Crippen LogP contribution in [-0.4, -0.2) is 11.0 Å². The first-order valence-electron chi connectivity index (χ1n) is 6.96. The molecule has 1 N–H and O–H groups in total. The van der Waals surface area contributed by atoms with Crippen molar-refractivity contribution in [3.8, 4) is 5.75 Å². The first kappa shape index (κ1) is 14.5. The van der Waals surface area contributed by atoms with Gasteiger partial charge in [-0.05, 0) is 43.2 Å². The summed E-state index contributed by atoms with van der Waals surface area (Å²) in [5, 5.41) is 3.41. The molecular formula is C16H16BrFN2O. The number of nitrogens with one attached hydrogen (secondary N) is 1. The van der Waals surface area contributed by atoms with Gasteiger partial charge in [0.2, 0.25) is 0 Å². The van der Waals surface area contributed by atoms with Gasteiger partial charge in [0.25, 0.3) is 0 Å². The molecule has 1 aromatic heterocycles. The zero-order chi connectivity index (χ0) is 14.7. The highest BCUT2D eigenvalue weighted by molar-refractivity contribution is 9.10. The third-order valence-corrected chi connectivity index (χ3v) is 3.84. The van der Waals surface area contributed by atoms with Crippen LogP contribution in [-0.2, 0) is 13.2 Å². The second-order valence-corrected chi connectivity index (χ2v) is 6.08. The SMILES string of the molecule is Fc1ccc(Br)cc1COc1ccc(CNC2CC2)nc1. The topological polar surface area (TPSA) is 34.1 Å². The van der Waals surface area contributed by atoms with Crippen molar-refractivity contribution in [1.82, 2.24) is 10.3 Å². The highest BCUT2D eigenvalue weighted by Crippen LogP contribution is 2.20. The average molecular weight is 351 g/mol. The molecule has 1 fully saturated rings. The third-order valence-electron chi connectivity index (χ3n) is 3.35. The van der Waals surface area contributed by atoms with Crippen molar-refractivity contribution in [3.05, 3.63) is 58.1 Å². The summed E-state index contributed by atoms with van der Waals surface area (Å²) < 4.78 is 20.0. The number of pyridine rings is 1. The van der Waals surface area contributed by atoms with Crippen LogP contribution in [0.1, 0.15) is 24.1 Å². The fourth-order valence-electron chi connectivity index (χ4n) is 1.95. The zero-order valence-corrected chi connectivity index (χ0v) is 13.1. The van der Waals surface area contributed by atoms with E-state index in [2.05, 4.69) is 26.2 Å². The molecule has 21 heavy (non-hydrogen) atoms. The number of rotatable bonds is 6. The molecule has 0 aliphatic heterocycles. The van der Waals surface area contributed by atoms with Gasteiger partial charge in [-0.1, -0.05) is 15.9 Å².